The van der Waals surface area contributed by atoms with E-state index in [-0.39, 0.29) is 18.1 Å². The second-order valence-corrected chi connectivity index (χ2v) is 4.44. The Hall–Kier alpha value is -0.650. The summed E-state index contributed by atoms with van der Waals surface area (Å²) in [6, 6.07) is -0.180. The van der Waals surface area contributed by atoms with Crippen molar-refractivity contribution in [2.24, 2.45) is 0 Å². The van der Waals surface area contributed by atoms with Crippen molar-refractivity contribution < 1.29 is 14.3 Å². The molecule has 1 amide bonds. The summed E-state index contributed by atoms with van der Waals surface area (Å²) in [5, 5.41) is 3.17. The first-order valence-corrected chi connectivity index (χ1v) is 5.95. The molecule has 2 saturated heterocycles. The summed E-state index contributed by atoms with van der Waals surface area (Å²) in [7, 11) is 1.83. The third-order valence-corrected chi connectivity index (χ3v) is 3.10. The Morgan fingerprint density at radius 3 is 3.00 bits per heavy atom. The van der Waals surface area contributed by atoms with Crippen LogP contribution in [0.15, 0.2) is 0 Å². The molecule has 2 rings (SSSR count). The largest absolute Gasteiger partial charge is 0.378 e. The predicted octanol–water partition coefficient (Wildman–Crippen LogP) is -0.388. The zero-order valence-electron chi connectivity index (χ0n) is 9.78. The van der Waals surface area contributed by atoms with Crippen molar-refractivity contribution in [3.63, 3.8) is 0 Å². The number of rotatable bonds is 3. The number of carbonyl (C=O) groups excluding carboxylic acids is 1. The molecule has 0 spiro atoms. The number of carbonyl (C=O) groups is 1. The Morgan fingerprint density at radius 1 is 1.50 bits per heavy atom. The fourth-order valence-corrected chi connectivity index (χ4v) is 2.17. The maximum Gasteiger partial charge on any atom is 0.241 e. The molecule has 0 saturated carbocycles. The standard InChI is InChI=1S/C11H20N2O3/c1-13(7-9-3-2-5-16-9)11(14)10-8-15-6-4-12-10/h9-10,12H,2-8H2,1H3. The Kier molecular flexibility index (Phi) is 4.15. The van der Waals surface area contributed by atoms with Crippen LogP contribution >= 0.6 is 0 Å². The summed E-state index contributed by atoms with van der Waals surface area (Å²) in [6.45, 7) is 3.45. The Bertz CT molecular complexity index is 235. The van der Waals surface area contributed by atoms with Crippen LogP contribution in [0.3, 0.4) is 0 Å². The summed E-state index contributed by atoms with van der Waals surface area (Å²) < 4.78 is 10.8. The highest BCUT2D eigenvalue weighted by atomic mass is 16.5. The molecule has 0 radical (unpaired) electrons. The van der Waals surface area contributed by atoms with Gasteiger partial charge in [0, 0.05) is 26.7 Å². The van der Waals surface area contributed by atoms with E-state index < -0.39 is 0 Å². The normalized spacial score (nSPS) is 30.3. The minimum Gasteiger partial charge on any atom is -0.378 e. The number of ether oxygens (including phenoxy) is 2. The van der Waals surface area contributed by atoms with Crippen LogP contribution in [0, 0.1) is 0 Å². The van der Waals surface area contributed by atoms with Gasteiger partial charge in [-0.2, -0.15) is 0 Å². The van der Waals surface area contributed by atoms with Crippen molar-refractivity contribution >= 4 is 5.91 Å². The summed E-state index contributed by atoms with van der Waals surface area (Å²) in [5.41, 5.74) is 0. The molecule has 2 atom stereocenters. The van der Waals surface area contributed by atoms with Gasteiger partial charge >= 0.3 is 0 Å². The molecule has 2 fully saturated rings. The maximum absolute atomic E-state index is 12.0. The summed E-state index contributed by atoms with van der Waals surface area (Å²) >= 11 is 0. The second kappa shape index (κ2) is 5.61. The fourth-order valence-electron chi connectivity index (χ4n) is 2.17. The summed E-state index contributed by atoms with van der Waals surface area (Å²) in [6.07, 6.45) is 2.39. The van der Waals surface area contributed by atoms with E-state index in [4.69, 9.17) is 9.47 Å². The minimum atomic E-state index is -0.180. The summed E-state index contributed by atoms with van der Waals surface area (Å²) in [4.78, 5) is 13.8. The molecule has 2 aliphatic rings. The van der Waals surface area contributed by atoms with Gasteiger partial charge in [-0.05, 0) is 12.8 Å². The van der Waals surface area contributed by atoms with E-state index in [2.05, 4.69) is 5.32 Å². The van der Waals surface area contributed by atoms with Gasteiger partial charge in [-0.1, -0.05) is 0 Å². The van der Waals surface area contributed by atoms with E-state index in [1.165, 1.54) is 0 Å². The highest BCUT2D eigenvalue weighted by Gasteiger charge is 2.26. The molecule has 2 heterocycles. The second-order valence-electron chi connectivity index (χ2n) is 4.44. The third-order valence-electron chi connectivity index (χ3n) is 3.10. The Labute approximate surface area is 96.1 Å². The molecule has 0 aromatic rings. The van der Waals surface area contributed by atoms with Crippen LogP contribution in [-0.4, -0.2) is 62.9 Å². The quantitative estimate of drug-likeness (QED) is 0.715. The van der Waals surface area contributed by atoms with Crippen LogP contribution in [0.2, 0.25) is 0 Å². The van der Waals surface area contributed by atoms with Crippen molar-refractivity contribution in [3.8, 4) is 0 Å². The van der Waals surface area contributed by atoms with Gasteiger partial charge in [0.15, 0.2) is 0 Å². The van der Waals surface area contributed by atoms with Crippen molar-refractivity contribution in [3.05, 3.63) is 0 Å². The SMILES string of the molecule is CN(CC1CCCO1)C(=O)C1COCCN1. The number of nitrogens with zero attached hydrogens (tertiary/aromatic N) is 1. The van der Waals surface area contributed by atoms with Crippen molar-refractivity contribution in [2.75, 3.05) is 40.0 Å². The lowest BCUT2D eigenvalue weighted by Gasteiger charge is -2.28. The molecule has 2 unspecified atom stereocenters. The van der Waals surface area contributed by atoms with Gasteiger partial charge in [0.05, 0.1) is 19.3 Å². The lowest BCUT2D eigenvalue weighted by atomic mass is 10.2. The molecular weight excluding hydrogens is 208 g/mol. The first-order chi connectivity index (χ1) is 7.77. The van der Waals surface area contributed by atoms with E-state index in [9.17, 15) is 4.79 Å². The fraction of sp³-hybridized carbons (Fsp3) is 0.909. The van der Waals surface area contributed by atoms with Gasteiger partial charge in [0.1, 0.15) is 6.04 Å². The van der Waals surface area contributed by atoms with Gasteiger partial charge in [-0.15, -0.1) is 0 Å². The molecule has 5 heteroatoms. The topological polar surface area (TPSA) is 50.8 Å². The molecule has 2 aliphatic heterocycles. The summed E-state index contributed by atoms with van der Waals surface area (Å²) in [5.74, 6) is 0.107. The lowest BCUT2D eigenvalue weighted by molar-refractivity contribution is -0.136. The molecule has 0 aromatic carbocycles. The van der Waals surface area contributed by atoms with Crippen molar-refractivity contribution in [1.29, 1.82) is 0 Å². The van der Waals surface area contributed by atoms with Gasteiger partial charge < -0.3 is 19.7 Å². The molecule has 0 aliphatic carbocycles. The molecule has 5 nitrogen and oxygen atoms in total. The van der Waals surface area contributed by atoms with Crippen LogP contribution in [-0.2, 0) is 14.3 Å². The number of hydrogen-bond acceptors (Lipinski definition) is 4. The Morgan fingerprint density at radius 2 is 2.38 bits per heavy atom. The predicted molar refractivity (Wildman–Crippen MR) is 59.2 cm³/mol. The number of nitrogens with one attached hydrogen (secondary N) is 1. The molecule has 1 N–H and O–H groups in total. The van der Waals surface area contributed by atoms with Crippen molar-refractivity contribution in [1.82, 2.24) is 10.2 Å². The van der Waals surface area contributed by atoms with E-state index in [0.717, 1.165) is 26.0 Å². The molecule has 92 valence electrons. The smallest absolute Gasteiger partial charge is 0.241 e. The molecule has 0 aromatic heterocycles. The van der Waals surface area contributed by atoms with Crippen LogP contribution in [0.4, 0.5) is 0 Å². The van der Waals surface area contributed by atoms with Gasteiger partial charge in [0.25, 0.3) is 0 Å². The van der Waals surface area contributed by atoms with Crippen molar-refractivity contribution in [2.45, 2.75) is 25.0 Å². The average Bonchev–Trinajstić information content (AvgIpc) is 2.82. The number of likely N-dealkylation sites (N-methyl/N-ethyl adjacent to an activating group) is 1. The van der Waals surface area contributed by atoms with Crippen LogP contribution in [0.1, 0.15) is 12.8 Å². The van der Waals surface area contributed by atoms with Gasteiger partial charge in [0.2, 0.25) is 5.91 Å². The molecular formula is C11H20N2O3. The van der Waals surface area contributed by atoms with Gasteiger partial charge in [-0.25, -0.2) is 0 Å². The molecule has 0 bridgehead atoms. The zero-order chi connectivity index (χ0) is 11.4. The van der Waals surface area contributed by atoms with Gasteiger partial charge in [-0.3, -0.25) is 4.79 Å². The first kappa shape index (κ1) is 11.8. The Balaban J connectivity index is 1.78. The molecule has 16 heavy (non-hydrogen) atoms. The van der Waals surface area contributed by atoms with E-state index >= 15 is 0 Å². The number of morpholine rings is 1. The van der Waals surface area contributed by atoms with E-state index in [1.54, 1.807) is 4.90 Å². The number of hydrogen-bond donors (Lipinski definition) is 1. The average molecular weight is 228 g/mol. The highest BCUT2D eigenvalue weighted by Crippen LogP contribution is 2.13. The van der Waals surface area contributed by atoms with Crippen LogP contribution < -0.4 is 5.32 Å². The van der Waals surface area contributed by atoms with Crippen LogP contribution in [0.25, 0.3) is 0 Å². The number of amides is 1. The first-order valence-electron chi connectivity index (χ1n) is 5.95. The van der Waals surface area contributed by atoms with E-state index in [1.807, 2.05) is 7.05 Å². The minimum absolute atomic E-state index is 0.107. The zero-order valence-corrected chi connectivity index (χ0v) is 9.78. The highest BCUT2D eigenvalue weighted by molar-refractivity contribution is 5.81. The third kappa shape index (κ3) is 2.93. The monoisotopic (exact) mass is 228 g/mol. The van der Waals surface area contributed by atoms with Crippen LogP contribution in [0.5, 0.6) is 0 Å². The maximum atomic E-state index is 12.0. The van der Waals surface area contributed by atoms with E-state index in [0.29, 0.717) is 19.8 Å². The lowest BCUT2D eigenvalue weighted by Crippen LogP contribution is -2.52.